The average Bonchev–Trinajstić information content (AvgIpc) is 3.91. The quantitative estimate of drug-likeness (QED) is 0.107. The van der Waals surface area contributed by atoms with Crippen LogP contribution in [0.15, 0.2) is 83.9 Å². The molecule has 0 amide bonds. The Bertz CT molecular complexity index is 1430. The summed E-state index contributed by atoms with van der Waals surface area (Å²) in [6, 6.07) is 21.8. The van der Waals surface area contributed by atoms with Crippen LogP contribution in [0, 0.1) is 107 Å². The molecular weight excluding hydrogens is 966 g/mol. The van der Waals surface area contributed by atoms with Gasteiger partial charge in [-0.1, -0.05) is 75.7 Å². The van der Waals surface area contributed by atoms with Crippen molar-refractivity contribution in [1.29, 1.82) is 0 Å². The van der Waals surface area contributed by atoms with Crippen molar-refractivity contribution in [2.75, 3.05) is 0 Å². The summed E-state index contributed by atoms with van der Waals surface area (Å²) in [4.78, 5) is 0. The Morgan fingerprint density at radius 1 is 0.310 bits per heavy atom. The molecule has 0 aliphatic heterocycles. The zero-order chi connectivity index (χ0) is 45.9. The topological polar surface area (TPSA) is 279 Å². The average molecular weight is 990 g/mol. The van der Waals surface area contributed by atoms with Gasteiger partial charge in [0, 0.05) is 68.3 Å². The van der Waals surface area contributed by atoms with Crippen molar-refractivity contribution in [3.05, 3.63) is 199 Å². The summed E-state index contributed by atoms with van der Waals surface area (Å²) in [5.74, 6) is 9.99. The van der Waals surface area contributed by atoms with Crippen molar-refractivity contribution in [3.63, 3.8) is 0 Å². The molecule has 0 aliphatic rings. The van der Waals surface area contributed by atoms with Crippen LogP contribution < -0.4 is 0 Å². The van der Waals surface area contributed by atoms with Crippen LogP contribution in [-0.4, -0.2) is 0 Å². The minimum absolute atomic E-state index is 0. The number of rotatable bonds is 5. The third kappa shape index (κ3) is 56.8. The number of hydrogen-bond acceptors (Lipinski definition) is 0. The van der Waals surface area contributed by atoms with E-state index in [0.717, 1.165) is 12.8 Å². The Balaban J connectivity index is -0.0000000382. The Morgan fingerprint density at radius 2 is 0.483 bits per heavy atom. The molecule has 0 spiro atoms. The van der Waals surface area contributed by atoms with Crippen LogP contribution >= 0.6 is 15.1 Å². The standard InChI is InChI=1S/C24H24P2.14CO.4Fe/c1-19-15-25(23-9-5-3-6-10-23)17-21(19)13-14-22-18-26(16-20(22)2)24-11-7-4-8-12-24;14*1-2;;;;/h3-12,15-18H,13-14H2,1-2H3;;;;;;;;;;;;;;;;;;. The molecule has 0 N–H and O–H groups in total. The molecule has 0 radical (unpaired) electrons. The minimum Gasteiger partial charge on any atom is 0 e. The van der Waals surface area contributed by atoms with Crippen molar-refractivity contribution in [2.24, 2.45) is 0 Å². The molecule has 20 heteroatoms. The van der Waals surface area contributed by atoms with Gasteiger partial charge in [0.2, 0.25) is 0 Å². The third-order valence-electron chi connectivity index (χ3n) is 5.04. The molecular formula is C38H24Fe4O14P2. The van der Waals surface area contributed by atoms with Crippen molar-refractivity contribution in [2.45, 2.75) is 26.7 Å². The summed E-state index contributed by atoms with van der Waals surface area (Å²) in [6.07, 6.45) is 2.31. The first kappa shape index (κ1) is 99.9. The van der Waals surface area contributed by atoms with Gasteiger partial charge in [-0.3, -0.25) is 0 Å². The molecule has 302 valence electrons. The Morgan fingerprint density at radius 3 is 0.655 bits per heavy atom. The van der Waals surface area contributed by atoms with Gasteiger partial charge in [0.05, 0.1) is 0 Å². The summed E-state index contributed by atoms with van der Waals surface area (Å²) in [6.45, 7) is 67.6. The maximum atomic E-state index is 7.50. The summed E-state index contributed by atoms with van der Waals surface area (Å²) < 4.78 is 105. The summed E-state index contributed by atoms with van der Waals surface area (Å²) >= 11 is 0. The largest absolute Gasteiger partial charge is 0 e. The summed E-state index contributed by atoms with van der Waals surface area (Å²) in [5.41, 5.74) is 6.05. The van der Waals surface area contributed by atoms with E-state index in [-0.39, 0.29) is 83.3 Å². The molecule has 58 heavy (non-hydrogen) atoms. The third-order valence-corrected chi connectivity index (χ3v) is 9.34. The molecule has 2 aromatic heterocycles. The molecule has 2 heterocycles. The predicted octanol–water partition coefficient (Wildman–Crippen LogP) is 7.51. The van der Waals surface area contributed by atoms with Gasteiger partial charge in [-0.15, -0.1) is 0 Å². The zero-order valence-electron chi connectivity index (χ0n) is 29.5. The van der Waals surface area contributed by atoms with Gasteiger partial charge in [-0.25, -0.2) is 0 Å². The molecule has 0 aliphatic carbocycles. The van der Waals surface area contributed by atoms with E-state index >= 15 is 0 Å². The van der Waals surface area contributed by atoms with E-state index in [1.807, 2.05) is 0 Å². The molecule has 14 nitrogen and oxygen atoms in total. The van der Waals surface area contributed by atoms with Crippen LogP contribution in [0.1, 0.15) is 22.3 Å². The second-order valence-corrected chi connectivity index (χ2v) is 10.6. The van der Waals surface area contributed by atoms with Crippen molar-refractivity contribution < 1.29 is 133 Å². The molecule has 0 saturated carbocycles. The molecule has 2 atom stereocenters. The van der Waals surface area contributed by atoms with Gasteiger partial charge in [0.1, 0.15) is 0 Å². The van der Waals surface area contributed by atoms with E-state index in [0.29, 0.717) is 0 Å². The van der Waals surface area contributed by atoms with Crippen LogP contribution in [0.2, 0.25) is 0 Å². The molecule has 2 unspecified atom stereocenters. The number of hydrogen-bond donors (Lipinski definition) is 0. The number of aryl methyl sites for hydroxylation is 4. The predicted molar refractivity (Wildman–Crippen MR) is 173 cm³/mol. The van der Waals surface area contributed by atoms with Crippen LogP contribution in [0.25, 0.3) is 10.6 Å². The fourth-order valence-electron chi connectivity index (χ4n) is 3.49. The fraction of sp³-hybridized carbons (Fsp3) is 0.105. The molecule has 0 bridgehead atoms. The van der Waals surface area contributed by atoms with Gasteiger partial charge >= 0.3 is 158 Å². The molecule has 0 saturated heterocycles. The van der Waals surface area contributed by atoms with Crippen molar-refractivity contribution in [1.82, 2.24) is 0 Å². The Labute approximate surface area is 382 Å². The van der Waals surface area contributed by atoms with E-state index in [1.165, 1.54) is 21.7 Å². The molecule has 4 rings (SSSR count). The first-order valence-electron chi connectivity index (χ1n) is 12.0. The van der Waals surface area contributed by atoms with E-state index in [1.54, 1.807) is 11.1 Å². The van der Waals surface area contributed by atoms with Gasteiger partial charge in [0.25, 0.3) is 0 Å². The van der Waals surface area contributed by atoms with Crippen molar-refractivity contribution in [3.8, 4) is 10.6 Å². The Hall–Kier alpha value is -3.56. The van der Waals surface area contributed by atoms with Gasteiger partial charge in [0.15, 0.2) is 0 Å². The smallest absolute Gasteiger partial charge is 0 e. The molecule has 2 aromatic carbocycles. The van der Waals surface area contributed by atoms with Crippen LogP contribution in [0.3, 0.4) is 0 Å². The monoisotopic (exact) mass is 990 g/mol. The second kappa shape index (κ2) is 111. The number of benzene rings is 2. The zero-order valence-corrected chi connectivity index (χ0v) is 35.7. The minimum atomic E-state index is -0.253. The van der Waals surface area contributed by atoms with Gasteiger partial charge in [-0.2, -0.15) is 0 Å². The molecule has 0 fully saturated rings. The fourth-order valence-corrected chi connectivity index (χ4v) is 7.77. The van der Waals surface area contributed by atoms with E-state index < -0.39 is 0 Å². The second-order valence-electron chi connectivity index (χ2n) is 6.92. The van der Waals surface area contributed by atoms with Crippen LogP contribution in [0.4, 0.5) is 0 Å². The van der Waals surface area contributed by atoms with Gasteiger partial charge in [-0.05, 0) is 82.7 Å². The summed E-state index contributed by atoms with van der Waals surface area (Å²) in [7, 11) is -0.505. The normalized spacial score (nSPS) is 6.03. The SMILES string of the molecule is Cc1cp(-c2ccccc2)cc1CCc1cp(-c2ccccc2)cc1C.[C-]#[O+].[C-]#[O+].[C-]#[O+].[C-]#[O+].[C-]#[O+].[C-]#[O+].[C-]#[O+].[C-]#[O+].[C-]#[O+].[C-]#[O+].[C-]#[O+].[C-]#[O+].[C-]#[O+].[C-]#[O+].[Fe].[Fe].[Fe].[Fe]. The van der Waals surface area contributed by atoms with Gasteiger partial charge < -0.3 is 0 Å². The first-order chi connectivity index (χ1) is 26.7. The van der Waals surface area contributed by atoms with Crippen LogP contribution in [0.5, 0.6) is 0 Å². The summed E-state index contributed by atoms with van der Waals surface area (Å²) in [5, 5.41) is 2.92. The first-order valence-corrected chi connectivity index (χ1v) is 15.0. The van der Waals surface area contributed by atoms with Crippen molar-refractivity contribution >= 4 is 15.1 Å². The van der Waals surface area contributed by atoms with Crippen LogP contribution in [-0.2, 0) is 146 Å². The van der Waals surface area contributed by atoms with E-state index in [9.17, 15) is 0 Å². The van der Waals surface area contributed by atoms with E-state index in [4.69, 9.17) is 65.1 Å². The van der Waals surface area contributed by atoms with E-state index in [2.05, 4.69) is 191 Å². The molecule has 4 aromatic rings. The maximum absolute atomic E-state index is 7.50. The Kier molecular flexibility index (Phi) is 191. The maximum Gasteiger partial charge on any atom is 0 e.